The summed E-state index contributed by atoms with van der Waals surface area (Å²) in [5.74, 6) is -1.01. The van der Waals surface area contributed by atoms with Gasteiger partial charge in [-0.3, -0.25) is 9.69 Å². The molecule has 0 unspecified atom stereocenters. The van der Waals surface area contributed by atoms with E-state index in [0.29, 0.717) is 0 Å². The van der Waals surface area contributed by atoms with Crippen LogP contribution < -0.4 is 9.64 Å². The third-order valence-corrected chi connectivity index (χ3v) is 5.36. The number of amides is 1. The van der Waals surface area contributed by atoms with Crippen LogP contribution in [0.4, 0.5) is 10.1 Å². The first-order valence-corrected chi connectivity index (χ1v) is 9.04. The van der Waals surface area contributed by atoms with Gasteiger partial charge in [0.15, 0.2) is 11.4 Å². The van der Waals surface area contributed by atoms with E-state index in [1.165, 1.54) is 6.07 Å². The number of carboxylic acids is 1. The predicted octanol–water partition coefficient (Wildman–Crippen LogP) is 3.01. The van der Waals surface area contributed by atoms with Crippen LogP contribution in [0, 0.1) is 18.2 Å². The lowest BCUT2D eigenvalue weighted by molar-refractivity contribution is -0.148. The first-order chi connectivity index (χ1) is 12.9. The number of hydrogen-bond acceptors (Lipinski definition) is 4. The Morgan fingerprint density at radius 3 is 2.56 bits per heavy atom. The van der Waals surface area contributed by atoms with E-state index in [9.17, 15) is 19.1 Å². The van der Waals surface area contributed by atoms with E-state index in [1.807, 2.05) is 5.92 Å². The summed E-state index contributed by atoms with van der Waals surface area (Å²) in [6.45, 7) is 0.220. The lowest BCUT2D eigenvalue weighted by atomic mass is 9.87. The van der Waals surface area contributed by atoms with Gasteiger partial charge in [0.05, 0.1) is 16.8 Å². The topological polar surface area (TPSA) is 76.1 Å². The molecule has 0 spiro atoms. The molecular formula is C19H19ClFNO5. The van der Waals surface area contributed by atoms with Crippen LogP contribution >= 0.6 is 11.6 Å². The number of nitrogens with zero attached hydrogens (tertiary/aromatic N) is 1. The van der Waals surface area contributed by atoms with Gasteiger partial charge in [0, 0.05) is 32.1 Å². The van der Waals surface area contributed by atoms with Crippen molar-refractivity contribution in [3.05, 3.63) is 23.0 Å². The molecule has 8 heteroatoms. The van der Waals surface area contributed by atoms with Crippen molar-refractivity contribution in [1.29, 1.82) is 0 Å². The molecule has 2 fully saturated rings. The number of carbonyl (C=O) groups excluding carboxylic acids is 1. The van der Waals surface area contributed by atoms with Crippen molar-refractivity contribution in [2.45, 2.75) is 43.7 Å². The van der Waals surface area contributed by atoms with Crippen LogP contribution in [0.25, 0.3) is 0 Å². The molecule has 1 N–H and O–H groups in total. The molecule has 1 saturated heterocycles. The number of carboxylic acid groups (broad SMARTS) is 1. The Bertz CT molecular complexity index is 796. The van der Waals surface area contributed by atoms with E-state index in [4.69, 9.17) is 27.5 Å². The number of halogens is 2. The lowest BCUT2D eigenvalue weighted by Crippen LogP contribution is -2.60. The summed E-state index contributed by atoms with van der Waals surface area (Å²) in [6.07, 6.45) is 7.95. The maximum atomic E-state index is 14.9. The molecule has 1 aromatic rings. The highest BCUT2D eigenvalue weighted by Gasteiger charge is 2.49. The Morgan fingerprint density at radius 1 is 1.37 bits per heavy atom. The SMILES string of the molecule is C#CC(=O)N(c1cc(Cl)c(OC2CCC2)cc1F)C1(C(=O)O)CCOCC1. The van der Waals surface area contributed by atoms with Crippen molar-refractivity contribution in [3.8, 4) is 18.1 Å². The van der Waals surface area contributed by atoms with Gasteiger partial charge in [-0.1, -0.05) is 11.6 Å². The molecule has 2 aliphatic rings. The second kappa shape index (κ2) is 7.75. The Morgan fingerprint density at radius 2 is 2.04 bits per heavy atom. The second-order valence-corrected chi connectivity index (χ2v) is 7.05. The molecule has 1 aromatic carbocycles. The number of terminal acetylenes is 1. The van der Waals surface area contributed by atoms with Gasteiger partial charge in [-0.2, -0.15) is 0 Å². The smallest absolute Gasteiger partial charge is 0.330 e. The standard InChI is InChI=1S/C19H19ClFNO5/c1-2-17(23)22(19(18(24)25)6-8-26-9-7-19)15-10-13(20)16(11-14(15)21)27-12-4-3-5-12/h1,10-12H,3-9H2,(H,24,25). The quantitative estimate of drug-likeness (QED) is 0.775. The van der Waals surface area contributed by atoms with E-state index in [1.54, 1.807) is 0 Å². The van der Waals surface area contributed by atoms with Crippen molar-refractivity contribution < 1.29 is 28.6 Å². The normalized spacial score (nSPS) is 18.9. The molecule has 3 rings (SSSR count). The Labute approximate surface area is 161 Å². The molecule has 1 heterocycles. The van der Waals surface area contributed by atoms with E-state index in [2.05, 4.69) is 0 Å². The Balaban J connectivity index is 2.05. The van der Waals surface area contributed by atoms with Crippen LogP contribution in [0.5, 0.6) is 5.75 Å². The Kier molecular flexibility index (Phi) is 5.59. The molecule has 144 valence electrons. The minimum absolute atomic E-state index is 0.0166. The predicted molar refractivity (Wildman–Crippen MR) is 96.4 cm³/mol. The Hall–Kier alpha value is -2.30. The van der Waals surface area contributed by atoms with Crippen LogP contribution in [0.1, 0.15) is 32.1 Å². The summed E-state index contributed by atoms with van der Waals surface area (Å²) in [6, 6.07) is 2.27. The molecule has 1 amide bonds. The minimum atomic E-state index is -1.71. The van der Waals surface area contributed by atoms with Gasteiger partial charge < -0.3 is 14.6 Å². The van der Waals surface area contributed by atoms with Crippen LogP contribution in [-0.4, -0.2) is 41.8 Å². The van der Waals surface area contributed by atoms with Gasteiger partial charge in [0.25, 0.3) is 0 Å². The maximum absolute atomic E-state index is 14.9. The average Bonchev–Trinajstić information content (AvgIpc) is 2.62. The zero-order chi connectivity index (χ0) is 19.6. The number of ether oxygens (including phenoxy) is 2. The molecule has 27 heavy (non-hydrogen) atoms. The average molecular weight is 396 g/mol. The maximum Gasteiger partial charge on any atom is 0.330 e. The van der Waals surface area contributed by atoms with E-state index in [-0.39, 0.29) is 48.6 Å². The fraction of sp³-hybridized carbons (Fsp3) is 0.474. The number of rotatable bonds is 5. The zero-order valence-corrected chi connectivity index (χ0v) is 15.3. The fourth-order valence-electron chi connectivity index (χ4n) is 3.29. The number of benzene rings is 1. The number of hydrogen-bond donors (Lipinski definition) is 1. The molecule has 6 nitrogen and oxygen atoms in total. The van der Waals surface area contributed by atoms with Crippen LogP contribution in [0.2, 0.25) is 5.02 Å². The zero-order valence-electron chi connectivity index (χ0n) is 14.5. The second-order valence-electron chi connectivity index (χ2n) is 6.64. The summed E-state index contributed by atoms with van der Waals surface area (Å²) in [4.78, 5) is 25.3. The molecule has 0 radical (unpaired) electrons. The van der Waals surface area contributed by atoms with Gasteiger partial charge in [0.2, 0.25) is 0 Å². The van der Waals surface area contributed by atoms with E-state index in [0.717, 1.165) is 30.2 Å². The fourth-order valence-corrected chi connectivity index (χ4v) is 3.49. The van der Waals surface area contributed by atoms with Gasteiger partial charge >= 0.3 is 11.9 Å². The largest absolute Gasteiger partial charge is 0.489 e. The van der Waals surface area contributed by atoms with Crippen LogP contribution in [0.3, 0.4) is 0 Å². The first kappa shape index (κ1) is 19.5. The first-order valence-electron chi connectivity index (χ1n) is 8.66. The number of aliphatic carboxylic acids is 1. The van der Waals surface area contributed by atoms with Crippen molar-refractivity contribution in [3.63, 3.8) is 0 Å². The summed E-state index contributed by atoms with van der Waals surface area (Å²) < 4.78 is 25.8. The minimum Gasteiger partial charge on any atom is -0.489 e. The number of carbonyl (C=O) groups is 2. The van der Waals surface area contributed by atoms with Gasteiger partial charge in [-0.25, -0.2) is 9.18 Å². The lowest BCUT2D eigenvalue weighted by Gasteiger charge is -2.42. The molecule has 0 atom stereocenters. The summed E-state index contributed by atoms with van der Waals surface area (Å²) in [5, 5.41) is 9.92. The molecule has 1 aliphatic carbocycles. The third-order valence-electron chi connectivity index (χ3n) is 5.06. The van der Waals surface area contributed by atoms with Crippen molar-refractivity contribution in [2.24, 2.45) is 0 Å². The van der Waals surface area contributed by atoms with Gasteiger partial charge in [0.1, 0.15) is 5.75 Å². The van der Waals surface area contributed by atoms with E-state index < -0.39 is 23.2 Å². The number of anilines is 1. The summed E-state index contributed by atoms with van der Waals surface area (Å²) in [7, 11) is 0. The highest BCUT2D eigenvalue weighted by Crippen LogP contribution is 2.40. The third kappa shape index (κ3) is 3.60. The van der Waals surface area contributed by atoms with Crippen LogP contribution in [0.15, 0.2) is 12.1 Å². The molecule has 0 aromatic heterocycles. The highest BCUT2D eigenvalue weighted by molar-refractivity contribution is 6.32. The monoisotopic (exact) mass is 395 g/mol. The van der Waals surface area contributed by atoms with Gasteiger partial charge in [-0.05, 0) is 31.2 Å². The van der Waals surface area contributed by atoms with Crippen LogP contribution in [-0.2, 0) is 14.3 Å². The van der Waals surface area contributed by atoms with Crippen molar-refractivity contribution in [2.75, 3.05) is 18.1 Å². The van der Waals surface area contributed by atoms with Gasteiger partial charge in [-0.15, -0.1) is 6.42 Å². The molecule has 1 saturated carbocycles. The summed E-state index contributed by atoms with van der Waals surface area (Å²) in [5.41, 5.74) is -1.99. The van der Waals surface area contributed by atoms with Crippen molar-refractivity contribution >= 4 is 29.2 Å². The van der Waals surface area contributed by atoms with E-state index >= 15 is 0 Å². The molecule has 0 bridgehead atoms. The summed E-state index contributed by atoms with van der Waals surface area (Å²) >= 11 is 6.23. The highest BCUT2D eigenvalue weighted by atomic mass is 35.5. The van der Waals surface area contributed by atoms with Crippen molar-refractivity contribution in [1.82, 2.24) is 0 Å². The molecular weight excluding hydrogens is 377 g/mol. The molecule has 1 aliphatic heterocycles.